The lowest BCUT2D eigenvalue weighted by Gasteiger charge is -2.20. The first-order chi connectivity index (χ1) is 14.4. The summed E-state index contributed by atoms with van der Waals surface area (Å²) < 4.78 is 4.86. The summed E-state index contributed by atoms with van der Waals surface area (Å²) in [7, 11) is 1.31. The van der Waals surface area contributed by atoms with Gasteiger partial charge < -0.3 is 10.1 Å². The molecule has 1 atom stereocenters. The van der Waals surface area contributed by atoms with Crippen LogP contribution in [0, 0.1) is 17.2 Å². The highest BCUT2D eigenvalue weighted by molar-refractivity contribution is 6.07. The van der Waals surface area contributed by atoms with Gasteiger partial charge in [-0.15, -0.1) is 0 Å². The predicted molar refractivity (Wildman–Crippen MR) is 117 cm³/mol. The molecule has 1 N–H and O–H groups in total. The third-order valence-corrected chi connectivity index (χ3v) is 4.97. The number of amides is 1. The van der Waals surface area contributed by atoms with Gasteiger partial charge in [0.2, 0.25) is 0 Å². The smallest absolute Gasteiger partial charge is 0.328 e. The summed E-state index contributed by atoms with van der Waals surface area (Å²) in [6, 6.07) is 20.1. The van der Waals surface area contributed by atoms with Crippen molar-refractivity contribution in [2.24, 2.45) is 5.92 Å². The molecule has 0 heterocycles. The molecule has 3 aromatic rings. The Labute approximate surface area is 176 Å². The van der Waals surface area contributed by atoms with Crippen molar-refractivity contribution in [1.82, 2.24) is 5.32 Å². The maximum Gasteiger partial charge on any atom is 0.328 e. The van der Waals surface area contributed by atoms with Gasteiger partial charge in [0, 0.05) is 5.56 Å². The van der Waals surface area contributed by atoms with Crippen LogP contribution in [0.25, 0.3) is 21.9 Å². The summed E-state index contributed by atoms with van der Waals surface area (Å²) in [6.07, 6.45) is 0.471. The van der Waals surface area contributed by atoms with Crippen molar-refractivity contribution in [2.45, 2.75) is 26.3 Å². The lowest BCUT2D eigenvalue weighted by molar-refractivity contribution is -0.143. The van der Waals surface area contributed by atoms with Gasteiger partial charge in [0.05, 0.1) is 18.7 Å². The molecule has 0 fully saturated rings. The van der Waals surface area contributed by atoms with Crippen molar-refractivity contribution < 1.29 is 14.3 Å². The Kier molecular flexibility index (Phi) is 6.48. The summed E-state index contributed by atoms with van der Waals surface area (Å²) in [5, 5.41) is 14.2. The number of hydrogen-bond donors (Lipinski definition) is 1. The van der Waals surface area contributed by atoms with E-state index in [2.05, 4.69) is 11.4 Å². The second-order valence-electron chi connectivity index (χ2n) is 7.58. The molecule has 1 amide bonds. The minimum absolute atomic E-state index is 0.202. The number of carbonyl (C=O) groups is 2. The van der Waals surface area contributed by atoms with Crippen LogP contribution in [0.5, 0.6) is 0 Å². The van der Waals surface area contributed by atoms with E-state index in [9.17, 15) is 14.9 Å². The molecule has 0 aliphatic heterocycles. The third kappa shape index (κ3) is 4.49. The van der Waals surface area contributed by atoms with Crippen LogP contribution in [0.2, 0.25) is 0 Å². The quantitative estimate of drug-likeness (QED) is 0.609. The summed E-state index contributed by atoms with van der Waals surface area (Å²) in [6.45, 7) is 3.96. The average Bonchev–Trinajstić information content (AvgIpc) is 2.76. The monoisotopic (exact) mass is 400 g/mol. The van der Waals surface area contributed by atoms with Gasteiger partial charge in [-0.25, -0.2) is 4.79 Å². The van der Waals surface area contributed by atoms with E-state index < -0.39 is 12.0 Å². The highest BCUT2D eigenvalue weighted by Crippen LogP contribution is 2.32. The Morgan fingerprint density at radius 3 is 2.47 bits per heavy atom. The topological polar surface area (TPSA) is 79.2 Å². The first-order valence-electron chi connectivity index (χ1n) is 9.85. The molecular formula is C25H24N2O3. The summed E-state index contributed by atoms with van der Waals surface area (Å²) in [5.74, 6) is -0.649. The van der Waals surface area contributed by atoms with Crippen LogP contribution in [-0.2, 0) is 9.53 Å². The number of rotatable bonds is 6. The van der Waals surface area contributed by atoms with Crippen molar-refractivity contribution in [2.75, 3.05) is 7.11 Å². The molecule has 0 radical (unpaired) electrons. The lowest BCUT2D eigenvalue weighted by atomic mass is 9.92. The molecule has 0 aromatic heterocycles. The van der Waals surface area contributed by atoms with Gasteiger partial charge >= 0.3 is 5.97 Å². The van der Waals surface area contributed by atoms with Gasteiger partial charge in [0.1, 0.15) is 6.04 Å². The van der Waals surface area contributed by atoms with Crippen molar-refractivity contribution in [3.05, 3.63) is 71.8 Å². The fourth-order valence-electron chi connectivity index (χ4n) is 3.56. The van der Waals surface area contributed by atoms with E-state index >= 15 is 0 Å². The zero-order chi connectivity index (χ0) is 21.7. The van der Waals surface area contributed by atoms with Crippen molar-refractivity contribution in [3.63, 3.8) is 0 Å². The van der Waals surface area contributed by atoms with Crippen LogP contribution >= 0.6 is 0 Å². The van der Waals surface area contributed by atoms with Crippen LogP contribution in [-0.4, -0.2) is 25.0 Å². The highest BCUT2D eigenvalue weighted by atomic mass is 16.5. The van der Waals surface area contributed by atoms with Crippen LogP contribution in [0.15, 0.2) is 60.7 Å². The van der Waals surface area contributed by atoms with Gasteiger partial charge in [0.15, 0.2) is 0 Å². The fraction of sp³-hybridized carbons (Fsp3) is 0.240. The molecule has 0 aliphatic rings. The number of nitriles is 1. The molecule has 0 bridgehead atoms. The lowest BCUT2D eigenvalue weighted by Crippen LogP contribution is -2.42. The minimum Gasteiger partial charge on any atom is -0.467 e. The van der Waals surface area contributed by atoms with E-state index in [0.29, 0.717) is 23.1 Å². The van der Waals surface area contributed by atoms with Crippen molar-refractivity contribution >= 4 is 22.6 Å². The number of fused-ring (bicyclic) bond motifs is 1. The Balaban J connectivity index is 2.09. The highest BCUT2D eigenvalue weighted by Gasteiger charge is 2.25. The number of methoxy groups -OCH3 is 1. The Morgan fingerprint density at radius 1 is 1.03 bits per heavy atom. The minimum atomic E-state index is -0.737. The molecule has 0 saturated heterocycles. The number of benzene rings is 3. The van der Waals surface area contributed by atoms with E-state index in [1.54, 1.807) is 18.2 Å². The number of carbonyl (C=O) groups excluding carboxylic acids is 2. The van der Waals surface area contributed by atoms with Crippen LogP contribution < -0.4 is 5.32 Å². The summed E-state index contributed by atoms with van der Waals surface area (Å²) in [5.41, 5.74) is 2.37. The predicted octanol–water partition coefficient (Wildman–Crippen LogP) is 4.70. The SMILES string of the molecule is COC(=O)[C@H](CC(C)C)NC(=O)c1ccc(C#N)cc1-c1cccc2ccccc12. The normalized spacial score (nSPS) is 11.7. The zero-order valence-corrected chi connectivity index (χ0v) is 17.3. The van der Waals surface area contributed by atoms with Gasteiger partial charge in [0.25, 0.3) is 5.91 Å². The largest absolute Gasteiger partial charge is 0.467 e. The number of hydrogen-bond acceptors (Lipinski definition) is 4. The second kappa shape index (κ2) is 9.23. The van der Waals surface area contributed by atoms with E-state index in [4.69, 9.17) is 4.74 Å². The van der Waals surface area contributed by atoms with E-state index in [1.165, 1.54) is 7.11 Å². The third-order valence-electron chi connectivity index (χ3n) is 4.97. The standard InChI is InChI=1S/C25H24N2O3/c1-16(2)13-23(25(29)30-3)27-24(28)21-12-11-17(15-26)14-22(21)20-10-6-8-18-7-4-5-9-19(18)20/h4-12,14,16,23H,13H2,1-3H3,(H,27,28)/t23-/m0/s1. The van der Waals surface area contributed by atoms with Gasteiger partial charge in [-0.2, -0.15) is 5.26 Å². The average molecular weight is 400 g/mol. The van der Waals surface area contributed by atoms with E-state index in [1.807, 2.05) is 56.3 Å². The maximum absolute atomic E-state index is 13.2. The molecule has 0 unspecified atom stereocenters. The molecular weight excluding hydrogens is 376 g/mol. The Morgan fingerprint density at radius 2 is 1.77 bits per heavy atom. The molecule has 0 aliphatic carbocycles. The van der Waals surface area contributed by atoms with Gasteiger partial charge in [-0.3, -0.25) is 4.79 Å². The first-order valence-corrected chi connectivity index (χ1v) is 9.85. The number of nitrogens with zero attached hydrogens (tertiary/aromatic N) is 1. The van der Waals surface area contributed by atoms with Crippen LogP contribution in [0.1, 0.15) is 36.2 Å². The van der Waals surface area contributed by atoms with Crippen molar-refractivity contribution in [1.29, 1.82) is 5.26 Å². The fourth-order valence-corrected chi connectivity index (χ4v) is 3.56. The molecule has 152 valence electrons. The molecule has 5 heteroatoms. The first kappa shape index (κ1) is 21.1. The van der Waals surface area contributed by atoms with Crippen LogP contribution in [0.3, 0.4) is 0 Å². The van der Waals surface area contributed by atoms with E-state index in [0.717, 1.165) is 16.3 Å². The Bertz CT molecular complexity index is 1120. The van der Waals surface area contributed by atoms with Gasteiger partial charge in [-0.1, -0.05) is 56.3 Å². The van der Waals surface area contributed by atoms with Gasteiger partial charge in [-0.05, 0) is 52.4 Å². The Hall–Kier alpha value is -3.65. The molecule has 0 saturated carbocycles. The molecule has 30 heavy (non-hydrogen) atoms. The number of esters is 1. The molecule has 3 aromatic carbocycles. The molecule has 0 spiro atoms. The van der Waals surface area contributed by atoms with E-state index in [-0.39, 0.29) is 11.8 Å². The summed E-state index contributed by atoms with van der Waals surface area (Å²) in [4.78, 5) is 25.3. The molecule has 3 rings (SSSR count). The maximum atomic E-state index is 13.2. The summed E-state index contributed by atoms with van der Waals surface area (Å²) >= 11 is 0. The van der Waals surface area contributed by atoms with Crippen molar-refractivity contribution in [3.8, 4) is 17.2 Å². The second-order valence-corrected chi connectivity index (χ2v) is 7.58. The number of nitrogens with one attached hydrogen (secondary N) is 1. The number of ether oxygens (including phenoxy) is 1. The molecule has 5 nitrogen and oxygen atoms in total. The zero-order valence-electron chi connectivity index (χ0n) is 17.3. The van der Waals surface area contributed by atoms with Crippen LogP contribution in [0.4, 0.5) is 0 Å².